The fourth-order valence-electron chi connectivity index (χ4n) is 4.20. The zero-order valence-electron chi connectivity index (χ0n) is 15.2. The molecule has 3 heteroatoms. The third kappa shape index (κ3) is 4.18. The lowest BCUT2D eigenvalue weighted by atomic mass is 9.90. The van der Waals surface area contributed by atoms with Gasteiger partial charge >= 0.3 is 0 Å². The summed E-state index contributed by atoms with van der Waals surface area (Å²) in [6.45, 7) is 5.87. The van der Waals surface area contributed by atoms with Crippen molar-refractivity contribution in [3.63, 3.8) is 0 Å². The van der Waals surface area contributed by atoms with Crippen molar-refractivity contribution in [2.24, 2.45) is 0 Å². The molecule has 0 N–H and O–H groups in total. The molecule has 2 heterocycles. The summed E-state index contributed by atoms with van der Waals surface area (Å²) in [5.74, 6) is 0.323. The van der Waals surface area contributed by atoms with Crippen molar-refractivity contribution in [3.05, 3.63) is 35.4 Å². The maximum Gasteiger partial charge on any atom is 0.237 e. The molecule has 2 aliphatic heterocycles. The van der Waals surface area contributed by atoms with Crippen molar-refractivity contribution in [1.82, 2.24) is 9.80 Å². The lowest BCUT2D eigenvalue weighted by Crippen LogP contribution is -2.54. The van der Waals surface area contributed by atoms with Gasteiger partial charge in [-0.25, -0.2) is 0 Å². The van der Waals surface area contributed by atoms with Crippen molar-refractivity contribution in [2.75, 3.05) is 26.2 Å². The average Bonchev–Trinajstić information content (AvgIpc) is 2.61. The molecule has 132 valence electrons. The summed E-state index contributed by atoms with van der Waals surface area (Å²) in [7, 11) is 0. The van der Waals surface area contributed by atoms with Crippen LogP contribution in [0.1, 0.15) is 69.0 Å². The smallest absolute Gasteiger partial charge is 0.237 e. The van der Waals surface area contributed by atoms with Gasteiger partial charge in [-0.1, -0.05) is 69.7 Å². The molecule has 0 aromatic heterocycles. The number of carbonyl (C=O) groups is 1. The van der Waals surface area contributed by atoms with Crippen LogP contribution in [-0.2, 0) is 11.2 Å². The summed E-state index contributed by atoms with van der Waals surface area (Å²) >= 11 is 0. The number of benzene rings is 1. The first kappa shape index (κ1) is 17.5. The third-order valence-corrected chi connectivity index (χ3v) is 5.60. The zero-order chi connectivity index (χ0) is 16.8. The maximum atomic E-state index is 12.5. The molecule has 0 saturated carbocycles. The number of hydrogen-bond acceptors (Lipinski definition) is 2. The van der Waals surface area contributed by atoms with E-state index in [2.05, 4.69) is 41.0 Å². The Bertz CT molecular complexity index is 542. The highest BCUT2D eigenvalue weighted by Gasteiger charge is 2.36. The third-order valence-electron chi connectivity index (χ3n) is 5.60. The highest BCUT2D eigenvalue weighted by atomic mass is 16.2. The van der Waals surface area contributed by atoms with Crippen molar-refractivity contribution >= 4 is 5.91 Å². The molecular formula is C21H32N2O. The summed E-state index contributed by atoms with van der Waals surface area (Å²) in [4.78, 5) is 17.0. The van der Waals surface area contributed by atoms with Crippen LogP contribution in [-0.4, -0.2) is 41.9 Å². The van der Waals surface area contributed by atoms with Gasteiger partial charge in [-0.2, -0.15) is 0 Å². The van der Waals surface area contributed by atoms with Gasteiger partial charge in [0.2, 0.25) is 5.91 Å². The Kier molecular flexibility index (Phi) is 6.30. The molecule has 1 aromatic rings. The number of nitrogens with zero attached hydrogens (tertiary/aromatic N) is 2. The Labute approximate surface area is 147 Å². The van der Waals surface area contributed by atoms with Gasteiger partial charge in [-0.05, 0) is 30.5 Å². The van der Waals surface area contributed by atoms with Gasteiger partial charge in [0.15, 0.2) is 0 Å². The van der Waals surface area contributed by atoms with E-state index >= 15 is 0 Å². The van der Waals surface area contributed by atoms with Gasteiger partial charge in [-0.15, -0.1) is 0 Å². The Hall–Kier alpha value is -1.35. The fraction of sp³-hybridized carbons (Fsp3) is 0.667. The number of unbranched alkanes of at least 4 members (excludes halogenated alkanes) is 6. The quantitative estimate of drug-likeness (QED) is 0.668. The number of amides is 1. The molecule has 0 radical (unpaired) electrons. The molecule has 1 fully saturated rings. The van der Waals surface area contributed by atoms with Gasteiger partial charge in [0.05, 0.1) is 12.6 Å². The largest absolute Gasteiger partial charge is 0.333 e. The molecular weight excluding hydrogens is 296 g/mol. The lowest BCUT2D eigenvalue weighted by Gasteiger charge is -2.44. The first-order valence-corrected chi connectivity index (χ1v) is 9.89. The number of piperazine rings is 1. The Morgan fingerprint density at radius 1 is 1.04 bits per heavy atom. The van der Waals surface area contributed by atoms with Gasteiger partial charge in [0, 0.05) is 13.1 Å². The zero-order valence-corrected chi connectivity index (χ0v) is 15.2. The number of hydrogen-bond donors (Lipinski definition) is 0. The van der Waals surface area contributed by atoms with E-state index in [4.69, 9.17) is 0 Å². The minimum atomic E-state index is 0.278. The van der Waals surface area contributed by atoms with Gasteiger partial charge < -0.3 is 4.90 Å². The fourth-order valence-corrected chi connectivity index (χ4v) is 4.20. The van der Waals surface area contributed by atoms with E-state index in [1.807, 2.05) is 0 Å². The van der Waals surface area contributed by atoms with E-state index in [1.54, 1.807) is 0 Å². The SMILES string of the molecule is CCCCCCCCCN1CC(=O)N2CCc3ccccc3C2C1. The summed E-state index contributed by atoms with van der Waals surface area (Å²) in [5, 5.41) is 0. The van der Waals surface area contributed by atoms with E-state index in [-0.39, 0.29) is 6.04 Å². The molecule has 1 aromatic carbocycles. The van der Waals surface area contributed by atoms with Gasteiger partial charge in [0.1, 0.15) is 0 Å². The monoisotopic (exact) mass is 328 g/mol. The van der Waals surface area contributed by atoms with E-state index in [9.17, 15) is 4.79 Å². The molecule has 1 atom stereocenters. The first-order chi connectivity index (χ1) is 11.8. The predicted molar refractivity (Wildman–Crippen MR) is 99.0 cm³/mol. The minimum absolute atomic E-state index is 0.278. The molecule has 1 saturated heterocycles. The van der Waals surface area contributed by atoms with Crippen LogP contribution < -0.4 is 0 Å². The van der Waals surface area contributed by atoms with Crippen molar-refractivity contribution < 1.29 is 4.79 Å². The molecule has 3 rings (SSSR count). The summed E-state index contributed by atoms with van der Waals surface area (Å²) in [6.07, 6.45) is 10.3. The molecule has 0 aliphatic carbocycles. The Morgan fingerprint density at radius 2 is 1.79 bits per heavy atom. The molecule has 3 nitrogen and oxygen atoms in total. The Balaban J connectivity index is 1.49. The van der Waals surface area contributed by atoms with Crippen molar-refractivity contribution in [3.8, 4) is 0 Å². The second-order valence-electron chi connectivity index (χ2n) is 7.41. The van der Waals surface area contributed by atoms with Gasteiger partial charge in [-0.3, -0.25) is 9.69 Å². The van der Waals surface area contributed by atoms with Crippen LogP contribution in [0.15, 0.2) is 24.3 Å². The van der Waals surface area contributed by atoms with Crippen LogP contribution in [0.3, 0.4) is 0 Å². The van der Waals surface area contributed by atoms with Crippen LogP contribution in [0.2, 0.25) is 0 Å². The number of fused-ring (bicyclic) bond motifs is 3. The average molecular weight is 329 g/mol. The van der Waals surface area contributed by atoms with E-state index in [0.29, 0.717) is 12.5 Å². The standard InChI is InChI=1S/C21H32N2O/c1-2-3-4-5-6-7-10-14-22-16-20-19-12-9-8-11-18(19)13-15-23(20)21(24)17-22/h8-9,11-12,20H,2-7,10,13-17H2,1H3. The molecule has 2 aliphatic rings. The minimum Gasteiger partial charge on any atom is -0.333 e. The van der Waals surface area contributed by atoms with E-state index in [0.717, 1.165) is 26.1 Å². The molecule has 24 heavy (non-hydrogen) atoms. The van der Waals surface area contributed by atoms with E-state index < -0.39 is 0 Å². The van der Waals surface area contributed by atoms with Gasteiger partial charge in [0.25, 0.3) is 0 Å². The molecule has 1 unspecified atom stereocenters. The van der Waals surface area contributed by atoms with Crippen LogP contribution in [0, 0.1) is 0 Å². The highest BCUT2D eigenvalue weighted by molar-refractivity contribution is 5.80. The van der Waals surface area contributed by atoms with Crippen molar-refractivity contribution in [1.29, 1.82) is 0 Å². The predicted octanol–water partition coefficient (Wildman–Crippen LogP) is 4.18. The lowest BCUT2D eigenvalue weighted by molar-refractivity contribution is -0.140. The van der Waals surface area contributed by atoms with Crippen LogP contribution in [0.25, 0.3) is 0 Å². The summed E-state index contributed by atoms with van der Waals surface area (Å²) in [5.41, 5.74) is 2.81. The molecule has 0 bridgehead atoms. The van der Waals surface area contributed by atoms with Crippen molar-refractivity contribution in [2.45, 2.75) is 64.3 Å². The van der Waals surface area contributed by atoms with Crippen LogP contribution in [0.4, 0.5) is 0 Å². The second-order valence-corrected chi connectivity index (χ2v) is 7.41. The first-order valence-electron chi connectivity index (χ1n) is 9.89. The highest BCUT2D eigenvalue weighted by Crippen LogP contribution is 2.32. The second kappa shape index (κ2) is 8.66. The normalized spacial score (nSPS) is 20.8. The molecule has 0 spiro atoms. The summed E-state index contributed by atoms with van der Waals surface area (Å²) in [6, 6.07) is 8.96. The summed E-state index contributed by atoms with van der Waals surface area (Å²) < 4.78 is 0. The number of carbonyl (C=O) groups excluding carboxylic acids is 1. The Morgan fingerprint density at radius 3 is 2.62 bits per heavy atom. The topological polar surface area (TPSA) is 23.6 Å². The van der Waals surface area contributed by atoms with E-state index in [1.165, 1.54) is 56.1 Å². The molecule has 1 amide bonds. The van der Waals surface area contributed by atoms with Crippen LogP contribution >= 0.6 is 0 Å². The number of rotatable bonds is 8. The maximum absolute atomic E-state index is 12.5. The van der Waals surface area contributed by atoms with Crippen LogP contribution in [0.5, 0.6) is 0 Å².